The average Bonchev–Trinajstić information content (AvgIpc) is 3.09. The summed E-state index contributed by atoms with van der Waals surface area (Å²) in [7, 11) is -3.79. The highest BCUT2D eigenvalue weighted by Gasteiger charge is 2.33. The first-order valence-electron chi connectivity index (χ1n) is 9.20. The van der Waals surface area contributed by atoms with Crippen molar-refractivity contribution < 1.29 is 27.4 Å². The van der Waals surface area contributed by atoms with Gasteiger partial charge in [-0.1, -0.05) is 6.92 Å². The molecule has 2 aromatic rings. The van der Waals surface area contributed by atoms with Crippen molar-refractivity contribution in [3.05, 3.63) is 21.4 Å². The fourth-order valence-electron chi connectivity index (χ4n) is 3.63. The number of rotatable bonds is 3. The molecule has 3 heterocycles. The Hall–Kier alpha value is -1.40. The smallest absolute Gasteiger partial charge is 0.249 e. The van der Waals surface area contributed by atoms with Crippen LogP contribution in [0.15, 0.2) is 9.63 Å². The normalized spacial score (nSPS) is 22.7. The van der Waals surface area contributed by atoms with Gasteiger partial charge in [0, 0.05) is 12.1 Å². The van der Waals surface area contributed by atoms with Crippen LogP contribution in [-0.4, -0.2) is 61.1 Å². The summed E-state index contributed by atoms with van der Waals surface area (Å²) >= 11 is 3.26. The fraction of sp³-hybridized carbons (Fsp3) is 0.556. The van der Waals surface area contributed by atoms with Crippen molar-refractivity contribution in [3.8, 4) is 0 Å². The molecule has 1 N–H and O–H groups in total. The predicted octanol–water partition coefficient (Wildman–Crippen LogP) is 1.94. The molecule has 0 aliphatic carbocycles. The van der Waals surface area contributed by atoms with Crippen LogP contribution in [0.2, 0.25) is 0 Å². The number of anilines is 1. The fourth-order valence-corrected chi connectivity index (χ4v) is 4.89. The SMILES string of the molecule is CCS(=O)(=O)c1nc(N2CCOC[C@@](C)(O)C2)c2c3c(c(Br)c(F)c2n1)COC3. The van der Waals surface area contributed by atoms with E-state index in [4.69, 9.17) is 9.47 Å². The molecule has 1 atom stereocenters. The summed E-state index contributed by atoms with van der Waals surface area (Å²) in [6.07, 6.45) is 0. The summed E-state index contributed by atoms with van der Waals surface area (Å²) in [5.41, 5.74) is 0.116. The maximum absolute atomic E-state index is 15.2. The number of aliphatic hydroxyl groups is 1. The molecule has 1 aromatic carbocycles. The molecule has 4 rings (SSSR count). The van der Waals surface area contributed by atoms with E-state index in [-0.39, 0.29) is 47.9 Å². The van der Waals surface area contributed by atoms with E-state index in [1.54, 1.807) is 11.8 Å². The number of hydrogen-bond donors (Lipinski definition) is 1. The Bertz CT molecular complexity index is 1090. The van der Waals surface area contributed by atoms with E-state index in [9.17, 15) is 13.5 Å². The second-order valence-corrected chi connectivity index (χ2v) is 10.5. The highest BCUT2D eigenvalue weighted by atomic mass is 79.9. The van der Waals surface area contributed by atoms with Crippen LogP contribution in [0.25, 0.3) is 10.9 Å². The lowest BCUT2D eigenvalue weighted by Crippen LogP contribution is -2.42. The molecule has 2 aliphatic heterocycles. The van der Waals surface area contributed by atoms with Crippen LogP contribution in [0, 0.1) is 5.82 Å². The number of β-amino-alcohol motifs (C(OH)–C–C–N with tert-alkyl or cyclic N) is 1. The molecule has 11 heteroatoms. The van der Waals surface area contributed by atoms with E-state index in [2.05, 4.69) is 25.9 Å². The number of halogens is 2. The molecule has 158 valence electrons. The second kappa shape index (κ2) is 7.38. The van der Waals surface area contributed by atoms with Crippen molar-refractivity contribution in [2.24, 2.45) is 0 Å². The van der Waals surface area contributed by atoms with Crippen LogP contribution < -0.4 is 4.90 Å². The van der Waals surface area contributed by atoms with Gasteiger partial charge in [-0.2, -0.15) is 0 Å². The maximum Gasteiger partial charge on any atom is 0.249 e. The van der Waals surface area contributed by atoms with Gasteiger partial charge in [0.2, 0.25) is 15.0 Å². The number of ether oxygens (including phenoxy) is 2. The van der Waals surface area contributed by atoms with Gasteiger partial charge in [-0.05, 0) is 28.4 Å². The Morgan fingerprint density at radius 1 is 1.28 bits per heavy atom. The highest BCUT2D eigenvalue weighted by molar-refractivity contribution is 9.10. The van der Waals surface area contributed by atoms with E-state index in [0.717, 1.165) is 0 Å². The molecule has 1 fully saturated rings. The molecule has 0 unspecified atom stereocenters. The van der Waals surface area contributed by atoms with Crippen molar-refractivity contribution in [1.29, 1.82) is 0 Å². The Balaban J connectivity index is 2.06. The first-order chi connectivity index (χ1) is 13.6. The second-order valence-electron chi connectivity index (χ2n) is 7.51. The average molecular weight is 490 g/mol. The van der Waals surface area contributed by atoms with Crippen molar-refractivity contribution in [3.63, 3.8) is 0 Å². The van der Waals surface area contributed by atoms with Gasteiger partial charge in [-0.15, -0.1) is 0 Å². The molecule has 8 nitrogen and oxygen atoms in total. The number of aromatic nitrogens is 2. The van der Waals surface area contributed by atoms with Crippen LogP contribution in [0.1, 0.15) is 25.0 Å². The Morgan fingerprint density at radius 3 is 2.72 bits per heavy atom. The van der Waals surface area contributed by atoms with Crippen molar-refractivity contribution >= 4 is 42.5 Å². The lowest BCUT2D eigenvalue weighted by molar-refractivity contribution is -0.0123. The summed E-state index contributed by atoms with van der Waals surface area (Å²) < 4.78 is 51.5. The van der Waals surface area contributed by atoms with Crippen LogP contribution >= 0.6 is 15.9 Å². The number of benzene rings is 1. The van der Waals surface area contributed by atoms with Gasteiger partial charge >= 0.3 is 0 Å². The van der Waals surface area contributed by atoms with Gasteiger partial charge in [0.25, 0.3) is 0 Å². The van der Waals surface area contributed by atoms with Gasteiger partial charge < -0.3 is 19.5 Å². The Kier molecular flexibility index (Phi) is 5.31. The summed E-state index contributed by atoms with van der Waals surface area (Å²) in [4.78, 5) is 10.2. The minimum absolute atomic E-state index is 0.0806. The van der Waals surface area contributed by atoms with Gasteiger partial charge in [-0.25, -0.2) is 22.8 Å². The van der Waals surface area contributed by atoms with E-state index in [1.165, 1.54) is 6.92 Å². The van der Waals surface area contributed by atoms with Gasteiger partial charge in [-0.3, -0.25) is 0 Å². The minimum Gasteiger partial charge on any atom is -0.386 e. The summed E-state index contributed by atoms with van der Waals surface area (Å²) in [6.45, 7) is 4.54. The first-order valence-corrected chi connectivity index (χ1v) is 11.6. The quantitative estimate of drug-likeness (QED) is 0.652. The molecule has 0 radical (unpaired) electrons. The van der Waals surface area contributed by atoms with Gasteiger partial charge in [0.15, 0.2) is 5.82 Å². The molecule has 0 bridgehead atoms. The van der Waals surface area contributed by atoms with Crippen molar-refractivity contribution in [2.45, 2.75) is 37.8 Å². The summed E-state index contributed by atoms with van der Waals surface area (Å²) in [6, 6.07) is 0. The third-order valence-electron chi connectivity index (χ3n) is 5.10. The number of nitrogens with zero attached hydrogens (tertiary/aromatic N) is 3. The van der Waals surface area contributed by atoms with Crippen LogP contribution in [0.3, 0.4) is 0 Å². The molecular formula is C18H21BrFN3O5S. The molecule has 1 saturated heterocycles. The highest BCUT2D eigenvalue weighted by Crippen LogP contribution is 2.41. The Morgan fingerprint density at radius 2 is 2.00 bits per heavy atom. The Labute approximate surface area is 176 Å². The van der Waals surface area contributed by atoms with Crippen LogP contribution in [-0.2, 0) is 32.5 Å². The predicted molar refractivity (Wildman–Crippen MR) is 107 cm³/mol. The molecule has 1 aromatic heterocycles. The molecule has 0 spiro atoms. The van der Waals surface area contributed by atoms with E-state index >= 15 is 4.39 Å². The zero-order valence-corrected chi connectivity index (χ0v) is 18.4. The van der Waals surface area contributed by atoms with Crippen LogP contribution in [0.5, 0.6) is 0 Å². The minimum atomic E-state index is -3.79. The zero-order chi connectivity index (χ0) is 21.0. The lowest BCUT2D eigenvalue weighted by atomic mass is 10.0. The van der Waals surface area contributed by atoms with Gasteiger partial charge in [0.1, 0.15) is 16.9 Å². The van der Waals surface area contributed by atoms with E-state index in [1.807, 2.05) is 0 Å². The largest absolute Gasteiger partial charge is 0.386 e. The topological polar surface area (TPSA) is 102 Å². The molecular weight excluding hydrogens is 469 g/mol. The monoisotopic (exact) mass is 489 g/mol. The third-order valence-corrected chi connectivity index (χ3v) is 7.43. The lowest BCUT2D eigenvalue weighted by Gasteiger charge is -2.29. The van der Waals surface area contributed by atoms with Crippen molar-refractivity contribution in [1.82, 2.24) is 9.97 Å². The van der Waals surface area contributed by atoms with E-state index in [0.29, 0.717) is 29.7 Å². The summed E-state index contributed by atoms with van der Waals surface area (Å²) in [5, 5.41) is 10.6. The van der Waals surface area contributed by atoms with Crippen LogP contribution in [0.4, 0.5) is 10.2 Å². The maximum atomic E-state index is 15.2. The molecule has 0 amide bonds. The number of fused-ring (bicyclic) bond motifs is 3. The van der Waals surface area contributed by atoms with Gasteiger partial charge in [0.05, 0.1) is 48.6 Å². The van der Waals surface area contributed by atoms with Crippen molar-refractivity contribution in [2.75, 3.05) is 37.0 Å². The van der Waals surface area contributed by atoms with E-state index < -0.39 is 26.4 Å². The number of sulfone groups is 1. The first kappa shape index (κ1) is 20.9. The molecule has 29 heavy (non-hydrogen) atoms. The third kappa shape index (κ3) is 3.63. The standard InChI is InChI=1S/C18H21BrFN3O5S/c1-3-29(25,26)17-21-15-12(10-6-28-7-11(10)13(19)14(15)20)16(22-17)23-4-5-27-9-18(2,24)8-23/h24H,3-9H2,1-2H3/t18-/m0/s1. The molecule has 2 aliphatic rings. The zero-order valence-electron chi connectivity index (χ0n) is 16.0. The molecule has 0 saturated carbocycles. The summed E-state index contributed by atoms with van der Waals surface area (Å²) in [5.74, 6) is -0.602. The number of hydrogen-bond acceptors (Lipinski definition) is 8.